The van der Waals surface area contributed by atoms with Gasteiger partial charge in [0.2, 0.25) is 5.69 Å². The van der Waals surface area contributed by atoms with Crippen LogP contribution in [0.4, 0.5) is 0 Å². The molecule has 2 aromatic heterocycles. The summed E-state index contributed by atoms with van der Waals surface area (Å²) in [6, 6.07) is 19.4. The normalized spacial score (nSPS) is 11.8. The van der Waals surface area contributed by atoms with E-state index in [-0.39, 0.29) is 0 Å². The zero-order chi connectivity index (χ0) is 21.9. The highest BCUT2D eigenvalue weighted by molar-refractivity contribution is 7.14. The van der Waals surface area contributed by atoms with Gasteiger partial charge in [-0.3, -0.25) is 0 Å². The predicted octanol–water partition coefficient (Wildman–Crippen LogP) is 7.95. The van der Waals surface area contributed by atoms with Crippen LogP contribution in [0.5, 0.6) is 0 Å². The summed E-state index contributed by atoms with van der Waals surface area (Å²) in [5.41, 5.74) is 9.66. The molecule has 3 heteroatoms. The van der Waals surface area contributed by atoms with Gasteiger partial charge in [0.05, 0.1) is 10.4 Å². The lowest BCUT2D eigenvalue weighted by molar-refractivity contribution is -0.586. The highest BCUT2D eigenvalue weighted by Crippen LogP contribution is 2.37. The van der Waals surface area contributed by atoms with E-state index in [9.17, 15) is 0 Å². The molecule has 2 nitrogen and oxygen atoms in total. The first-order valence-corrected chi connectivity index (χ1v) is 11.7. The van der Waals surface area contributed by atoms with Crippen molar-refractivity contribution >= 4 is 33.3 Å². The molecule has 0 unspecified atom stereocenters. The molecule has 0 N–H and O–H groups in total. The number of thiazole rings is 1. The number of rotatable bonds is 3. The Hall–Kier alpha value is -2.91. The molecule has 156 valence electrons. The SMILES string of the molecule is Cc1cc2oc3ccccc3c2cc1-[n+]1c(-c2c(C)cccc2C)sc(C(C)C)c1C. The first-order valence-electron chi connectivity index (χ1n) is 10.9. The maximum absolute atomic E-state index is 6.14. The fraction of sp³-hybridized carbons (Fsp3) is 0.250. The molecule has 0 saturated carbocycles. The summed E-state index contributed by atoms with van der Waals surface area (Å²) in [6.45, 7) is 13.5. The second-order valence-corrected chi connectivity index (χ2v) is 9.88. The number of para-hydroxylation sites is 1. The second kappa shape index (κ2) is 7.35. The number of furan rings is 1. The summed E-state index contributed by atoms with van der Waals surface area (Å²) in [5.74, 6) is 0.480. The highest BCUT2D eigenvalue weighted by atomic mass is 32.1. The standard InChI is InChI=1S/C28H28NOS/c1-16(2)27-20(6)29(28(31-27)26-17(3)10-9-11-18(26)4)23-15-22-21-12-7-8-13-24(21)30-25(22)14-19(23)5/h7-16H,1-6H3/q+1. The van der Waals surface area contributed by atoms with E-state index >= 15 is 0 Å². The van der Waals surface area contributed by atoms with E-state index in [4.69, 9.17) is 4.42 Å². The van der Waals surface area contributed by atoms with Gasteiger partial charge in [-0.05, 0) is 49.9 Å². The third-order valence-corrected chi connectivity index (χ3v) is 7.82. The van der Waals surface area contributed by atoms with E-state index in [1.165, 1.54) is 54.3 Å². The lowest BCUT2D eigenvalue weighted by Gasteiger charge is -2.08. The van der Waals surface area contributed by atoms with Crippen LogP contribution < -0.4 is 4.57 Å². The molecule has 0 fully saturated rings. The molecular weight excluding hydrogens is 398 g/mol. The van der Waals surface area contributed by atoms with Crippen molar-refractivity contribution in [2.75, 3.05) is 0 Å². The Balaban J connectivity index is 1.87. The van der Waals surface area contributed by atoms with Gasteiger partial charge in [-0.1, -0.05) is 61.6 Å². The smallest absolute Gasteiger partial charge is 0.275 e. The molecule has 0 aliphatic rings. The topological polar surface area (TPSA) is 17.0 Å². The molecule has 31 heavy (non-hydrogen) atoms. The fourth-order valence-electron chi connectivity index (χ4n) is 4.73. The maximum Gasteiger partial charge on any atom is 0.275 e. The van der Waals surface area contributed by atoms with Gasteiger partial charge in [0, 0.05) is 29.3 Å². The second-order valence-electron chi connectivity index (χ2n) is 8.85. The van der Waals surface area contributed by atoms with Gasteiger partial charge < -0.3 is 4.42 Å². The molecule has 0 amide bonds. The van der Waals surface area contributed by atoms with Crippen LogP contribution in [0.1, 0.15) is 47.0 Å². The van der Waals surface area contributed by atoms with Crippen LogP contribution in [-0.2, 0) is 0 Å². The summed E-state index contributed by atoms with van der Waals surface area (Å²) in [6.07, 6.45) is 0. The van der Waals surface area contributed by atoms with Crippen LogP contribution >= 0.6 is 11.3 Å². The van der Waals surface area contributed by atoms with Gasteiger partial charge in [0.25, 0.3) is 5.01 Å². The van der Waals surface area contributed by atoms with Gasteiger partial charge in [-0.25, -0.2) is 0 Å². The summed E-state index contributed by atoms with van der Waals surface area (Å²) in [4.78, 5) is 1.44. The van der Waals surface area contributed by atoms with E-state index in [0.29, 0.717) is 5.92 Å². The number of fused-ring (bicyclic) bond motifs is 3. The molecule has 3 aromatic carbocycles. The van der Waals surface area contributed by atoms with Crippen molar-refractivity contribution in [1.82, 2.24) is 0 Å². The zero-order valence-corrected chi connectivity index (χ0v) is 19.9. The Labute approximate surface area is 187 Å². The minimum absolute atomic E-state index is 0.480. The van der Waals surface area contributed by atoms with Crippen molar-refractivity contribution in [2.24, 2.45) is 0 Å². The third kappa shape index (κ3) is 3.11. The Bertz CT molecular complexity index is 1430. The molecule has 0 spiro atoms. The van der Waals surface area contributed by atoms with E-state index < -0.39 is 0 Å². The summed E-state index contributed by atoms with van der Waals surface area (Å²) < 4.78 is 8.62. The number of aryl methyl sites for hydroxylation is 3. The Morgan fingerprint density at radius 2 is 1.48 bits per heavy atom. The van der Waals surface area contributed by atoms with Crippen molar-refractivity contribution in [2.45, 2.75) is 47.5 Å². The Kier molecular flexibility index (Phi) is 4.75. The Morgan fingerprint density at radius 3 is 2.19 bits per heavy atom. The van der Waals surface area contributed by atoms with Crippen LogP contribution in [0.15, 0.2) is 59.0 Å². The number of hydrogen-bond acceptors (Lipinski definition) is 2. The summed E-state index contributed by atoms with van der Waals surface area (Å²) in [5, 5.41) is 3.66. The minimum Gasteiger partial charge on any atom is -0.456 e. The number of aromatic nitrogens is 1. The van der Waals surface area contributed by atoms with E-state index in [0.717, 1.165) is 11.2 Å². The van der Waals surface area contributed by atoms with Gasteiger partial charge >= 0.3 is 0 Å². The predicted molar refractivity (Wildman–Crippen MR) is 132 cm³/mol. The van der Waals surface area contributed by atoms with Gasteiger partial charge in [0.1, 0.15) is 11.2 Å². The van der Waals surface area contributed by atoms with Gasteiger partial charge in [0.15, 0.2) is 5.69 Å². The molecule has 0 aliphatic heterocycles. The van der Waals surface area contributed by atoms with Gasteiger partial charge in [-0.15, -0.1) is 4.57 Å². The number of benzene rings is 3. The van der Waals surface area contributed by atoms with Gasteiger partial charge in [-0.2, -0.15) is 0 Å². The average molecular weight is 427 g/mol. The quantitative estimate of drug-likeness (QED) is 0.268. The van der Waals surface area contributed by atoms with E-state index in [2.05, 4.69) is 88.6 Å². The minimum atomic E-state index is 0.480. The maximum atomic E-state index is 6.14. The van der Waals surface area contributed by atoms with E-state index in [1.807, 2.05) is 23.5 Å². The van der Waals surface area contributed by atoms with Crippen LogP contribution in [-0.4, -0.2) is 0 Å². The first-order chi connectivity index (χ1) is 14.9. The van der Waals surface area contributed by atoms with Crippen molar-refractivity contribution < 1.29 is 8.98 Å². The van der Waals surface area contributed by atoms with Crippen molar-refractivity contribution in [3.8, 4) is 16.3 Å². The lowest BCUT2D eigenvalue weighted by atomic mass is 10.0. The zero-order valence-electron chi connectivity index (χ0n) is 19.0. The molecule has 5 rings (SSSR count). The largest absolute Gasteiger partial charge is 0.456 e. The van der Waals surface area contributed by atoms with Crippen LogP contribution in [0.2, 0.25) is 0 Å². The van der Waals surface area contributed by atoms with Crippen molar-refractivity contribution in [3.63, 3.8) is 0 Å². The molecule has 0 radical (unpaired) electrons. The first kappa shape index (κ1) is 20.0. The molecule has 0 bridgehead atoms. The fourth-order valence-corrected chi connectivity index (χ4v) is 6.16. The van der Waals surface area contributed by atoms with Crippen LogP contribution in [0, 0.1) is 27.7 Å². The number of nitrogens with zero attached hydrogens (tertiary/aromatic N) is 1. The molecule has 2 heterocycles. The Morgan fingerprint density at radius 1 is 0.774 bits per heavy atom. The molecule has 5 aromatic rings. The van der Waals surface area contributed by atoms with Crippen molar-refractivity contribution in [1.29, 1.82) is 0 Å². The summed E-state index contributed by atoms with van der Waals surface area (Å²) in [7, 11) is 0. The van der Waals surface area contributed by atoms with Crippen LogP contribution in [0.3, 0.4) is 0 Å². The molecule has 0 aliphatic carbocycles. The van der Waals surface area contributed by atoms with Crippen molar-refractivity contribution in [3.05, 3.63) is 81.9 Å². The van der Waals surface area contributed by atoms with Crippen LogP contribution in [0.25, 0.3) is 38.2 Å². The third-order valence-electron chi connectivity index (χ3n) is 6.26. The highest BCUT2D eigenvalue weighted by Gasteiger charge is 2.31. The van der Waals surface area contributed by atoms with E-state index in [1.54, 1.807) is 0 Å². The number of hydrogen-bond donors (Lipinski definition) is 0. The molecule has 0 atom stereocenters. The molecule has 0 saturated heterocycles. The lowest BCUT2D eigenvalue weighted by Crippen LogP contribution is -2.35. The summed E-state index contributed by atoms with van der Waals surface area (Å²) >= 11 is 1.93. The monoisotopic (exact) mass is 426 g/mol. The molecular formula is C28H28NOS+. The average Bonchev–Trinajstić information content (AvgIpc) is 3.24.